The van der Waals surface area contributed by atoms with Crippen LogP contribution in [0.15, 0.2) is 28.8 Å². The van der Waals surface area contributed by atoms with Gasteiger partial charge in [0.2, 0.25) is 0 Å². The fourth-order valence-corrected chi connectivity index (χ4v) is 2.69. The summed E-state index contributed by atoms with van der Waals surface area (Å²) in [6.45, 7) is 0.294. The van der Waals surface area contributed by atoms with Gasteiger partial charge in [-0.1, -0.05) is 5.16 Å². The first-order valence-corrected chi connectivity index (χ1v) is 7.93. The van der Waals surface area contributed by atoms with Gasteiger partial charge in [0.05, 0.1) is 6.54 Å². The molecular weight excluding hydrogens is 333 g/mol. The maximum atomic E-state index is 13.2. The fourth-order valence-electron chi connectivity index (χ4n) is 2.69. The molecule has 4 rings (SSSR count). The average molecular weight is 348 g/mol. The van der Waals surface area contributed by atoms with E-state index in [1.807, 2.05) is 0 Å². The van der Waals surface area contributed by atoms with Crippen LogP contribution in [0, 0.1) is 5.82 Å². The number of anilines is 1. The van der Waals surface area contributed by atoms with Gasteiger partial charge in [-0.25, -0.2) is 23.1 Å². The molecule has 8 heteroatoms. The van der Waals surface area contributed by atoms with Crippen molar-refractivity contribution in [3.8, 4) is 0 Å². The molecule has 2 heterocycles. The number of hydrogen-bond acceptors (Lipinski definition) is 5. The molecule has 2 aromatic heterocycles. The van der Waals surface area contributed by atoms with Crippen LogP contribution in [0.1, 0.15) is 42.4 Å². The Morgan fingerprint density at radius 3 is 2.76 bits per heavy atom. The first kappa shape index (κ1) is 15.9. The second-order valence-electron chi connectivity index (χ2n) is 6.21. The standard InChI is InChI=1S/C17H15F3N4O/c1-24(8-13-11-5-4-10(18)6-14(11)25-23-13)15-7-12(16(19)20)21-17(22-15)9-2-3-9/h4-7,9,16H,2-3,8H2,1H3. The molecule has 0 N–H and O–H groups in total. The third-order valence-electron chi connectivity index (χ3n) is 4.20. The van der Waals surface area contributed by atoms with Gasteiger partial charge in [-0.2, -0.15) is 0 Å². The van der Waals surface area contributed by atoms with E-state index in [1.54, 1.807) is 18.0 Å². The van der Waals surface area contributed by atoms with Gasteiger partial charge in [0, 0.05) is 30.5 Å². The summed E-state index contributed by atoms with van der Waals surface area (Å²) in [5, 5.41) is 4.63. The maximum Gasteiger partial charge on any atom is 0.280 e. The highest BCUT2D eigenvalue weighted by Gasteiger charge is 2.29. The SMILES string of the molecule is CN(Cc1noc2cc(F)ccc12)c1cc(C(F)F)nc(C2CC2)n1. The third-order valence-corrected chi connectivity index (χ3v) is 4.20. The molecule has 3 aromatic rings. The van der Waals surface area contributed by atoms with Gasteiger partial charge in [0.25, 0.3) is 6.43 Å². The van der Waals surface area contributed by atoms with Crippen molar-refractivity contribution in [2.24, 2.45) is 0 Å². The number of halogens is 3. The lowest BCUT2D eigenvalue weighted by molar-refractivity contribution is 0.145. The van der Waals surface area contributed by atoms with Crippen molar-refractivity contribution in [1.29, 1.82) is 0 Å². The van der Waals surface area contributed by atoms with Crippen LogP contribution in [0.2, 0.25) is 0 Å². The molecule has 5 nitrogen and oxygen atoms in total. The van der Waals surface area contributed by atoms with Crippen LogP contribution in [0.3, 0.4) is 0 Å². The van der Waals surface area contributed by atoms with Crippen molar-refractivity contribution in [1.82, 2.24) is 15.1 Å². The fraction of sp³-hybridized carbons (Fsp3) is 0.353. The molecule has 1 aliphatic carbocycles. The van der Waals surface area contributed by atoms with Crippen molar-refractivity contribution in [2.45, 2.75) is 31.7 Å². The van der Waals surface area contributed by atoms with Gasteiger partial charge in [0.1, 0.15) is 28.8 Å². The van der Waals surface area contributed by atoms with Crippen LogP contribution in [0.5, 0.6) is 0 Å². The number of fused-ring (bicyclic) bond motifs is 1. The number of nitrogens with zero attached hydrogens (tertiary/aromatic N) is 4. The van der Waals surface area contributed by atoms with Crippen molar-refractivity contribution in [2.75, 3.05) is 11.9 Å². The summed E-state index contributed by atoms with van der Waals surface area (Å²) in [7, 11) is 1.73. The average Bonchev–Trinajstić information content (AvgIpc) is 3.37. The molecule has 130 valence electrons. The molecule has 0 spiro atoms. The molecule has 0 bridgehead atoms. The lowest BCUT2D eigenvalue weighted by Gasteiger charge is -2.18. The lowest BCUT2D eigenvalue weighted by atomic mass is 10.2. The van der Waals surface area contributed by atoms with Gasteiger partial charge in [-0.3, -0.25) is 0 Å². The topological polar surface area (TPSA) is 55.1 Å². The Morgan fingerprint density at radius 2 is 2.04 bits per heavy atom. The number of rotatable bonds is 5. The normalized spacial score (nSPS) is 14.4. The molecular formula is C17H15F3N4O. The zero-order valence-electron chi connectivity index (χ0n) is 13.4. The molecule has 1 fully saturated rings. The zero-order valence-corrected chi connectivity index (χ0v) is 13.4. The van der Waals surface area contributed by atoms with E-state index < -0.39 is 12.2 Å². The highest BCUT2D eigenvalue weighted by atomic mass is 19.3. The maximum absolute atomic E-state index is 13.2. The first-order valence-electron chi connectivity index (χ1n) is 7.93. The molecule has 0 aliphatic heterocycles. The monoisotopic (exact) mass is 348 g/mol. The number of benzene rings is 1. The second-order valence-corrected chi connectivity index (χ2v) is 6.21. The smallest absolute Gasteiger partial charge is 0.280 e. The van der Waals surface area contributed by atoms with Crippen LogP contribution in [0.4, 0.5) is 19.0 Å². The summed E-state index contributed by atoms with van der Waals surface area (Å²) in [6.07, 6.45) is -0.798. The highest BCUT2D eigenvalue weighted by Crippen LogP contribution is 2.39. The van der Waals surface area contributed by atoms with Crippen molar-refractivity contribution in [3.63, 3.8) is 0 Å². The summed E-state index contributed by atoms with van der Waals surface area (Å²) in [5.41, 5.74) is 0.659. The predicted molar refractivity (Wildman–Crippen MR) is 85.0 cm³/mol. The molecule has 0 radical (unpaired) electrons. The number of alkyl halides is 2. The number of hydrogen-bond donors (Lipinski definition) is 0. The van der Waals surface area contributed by atoms with E-state index in [0.717, 1.165) is 12.8 Å². The minimum Gasteiger partial charge on any atom is -0.356 e. The van der Waals surface area contributed by atoms with Crippen molar-refractivity contribution in [3.05, 3.63) is 47.3 Å². The summed E-state index contributed by atoms with van der Waals surface area (Å²) in [5.74, 6) is 0.633. The van der Waals surface area contributed by atoms with Crippen LogP contribution >= 0.6 is 0 Å². The van der Waals surface area contributed by atoms with Crippen LogP contribution in [-0.2, 0) is 6.54 Å². The van der Waals surface area contributed by atoms with Gasteiger partial charge in [0.15, 0.2) is 5.58 Å². The summed E-state index contributed by atoms with van der Waals surface area (Å²) >= 11 is 0. The molecule has 25 heavy (non-hydrogen) atoms. The quantitative estimate of drug-likeness (QED) is 0.691. The molecule has 0 unspecified atom stereocenters. The Labute approximate surface area is 141 Å². The minimum atomic E-state index is -2.65. The van der Waals surface area contributed by atoms with E-state index in [0.29, 0.717) is 34.9 Å². The Bertz CT molecular complexity index is 903. The highest BCUT2D eigenvalue weighted by molar-refractivity contribution is 5.79. The van der Waals surface area contributed by atoms with Gasteiger partial charge < -0.3 is 9.42 Å². The van der Waals surface area contributed by atoms with E-state index in [4.69, 9.17) is 4.52 Å². The summed E-state index contributed by atoms with van der Waals surface area (Å²) < 4.78 is 44.6. The molecule has 0 saturated heterocycles. The Hall–Kier alpha value is -2.64. The van der Waals surface area contributed by atoms with E-state index in [-0.39, 0.29) is 11.6 Å². The largest absolute Gasteiger partial charge is 0.356 e. The summed E-state index contributed by atoms with van der Waals surface area (Å²) in [4.78, 5) is 10.1. The molecule has 1 aliphatic rings. The van der Waals surface area contributed by atoms with Crippen LogP contribution < -0.4 is 4.90 Å². The Kier molecular flexibility index (Phi) is 3.82. The van der Waals surface area contributed by atoms with Crippen LogP contribution in [-0.4, -0.2) is 22.2 Å². The lowest BCUT2D eigenvalue weighted by Crippen LogP contribution is -2.19. The van der Waals surface area contributed by atoms with Gasteiger partial charge in [-0.15, -0.1) is 0 Å². The van der Waals surface area contributed by atoms with Gasteiger partial charge in [-0.05, 0) is 25.0 Å². The number of aromatic nitrogens is 3. The van der Waals surface area contributed by atoms with E-state index in [9.17, 15) is 13.2 Å². The first-order chi connectivity index (χ1) is 12.0. The second kappa shape index (κ2) is 6.02. The Balaban J connectivity index is 1.64. The predicted octanol–water partition coefficient (Wildman–Crippen LogP) is 4.21. The third kappa shape index (κ3) is 3.16. The van der Waals surface area contributed by atoms with Crippen molar-refractivity contribution >= 4 is 16.8 Å². The summed E-state index contributed by atoms with van der Waals surface area (Å²) in [6, 6.07) is 5.47. The van der Waals surface area contributed by atoms with E-state index in [1.165, 1.54) is 18.2 Å². The van der Waals surface area contributed by atoms with Crippen LogP contribution in [0.25, 0.3) is 11.0 Å². The Morgan fingerprint density at radius 1 is 1.24 bits per heavy atom. The molecule has 1 aromatic carbocycles. The minimum absolute atomic E-state index is 0.168. The van der Waals surface area contributed by atoms with Gasteiger partial charge >= 0.3 is 0 Å². The molecule has 0 atom stereocenters. The van der Waals surface area contributed by atoms with E-state index in [2.05, 4.69) is 15.1 Å². The molecule has 1 saturated carbocycles. The zero-order chi connectivity index (χ0) is 17.6. The molecule has 0 amide bonds. The van der Waals surface area contributed by atoms with E-state index >= 15 is 0 Å². The van der Waals surface area contributed by atoms with Crippen molar-refractivity contribution < 1.29 is 17.7 Å².